The number of rotatable bonds is 6. The van der Waals surface area contributed by atoms with E-state index in [4.69, 9.17) is 9.47 Å². The Morgan fingerprint density at radius 3 is 2.88 bits per heavy atom. The van der Waals surface area contributed by atoms with Crippen molar-refractivity contribution in [1.29, 1.82) is 0 Å². The fourth-order valence-electron chi connectivity index (χ4n) is 1.13. The number of thiophene rings is 1. The number of amides is 1. The quantitative estimate of drug-likeness (QED) is 0.817. The second kappa shape index (κ2) is 6.88. The van der Waals surface area contributed by atoms with Crippen LogP contribution in [0.5, 0.6) is 5.75 Å². The van der Waals surface area contributed by atoms with Gasteiger partial charge in [0.2, 0.25) is 0 Å². The van der Waals surface area contributed by atoms with Crippen molar-refractivity contribution in [3.63, 3.8) is 0 Å². The predicted octanol–water partition coefficient (Wildman–Crippen LogP) is 1.90. The molecule has 0 fully saturated rings. The van der Waals surface area contributed by atoms with Gasteiger partial charge in [-0.2, -0.15) is 0 Å². The van der Waals surface area contributed by atoms with Crippen LogP contribution in [0.15, 0.2) is 11.4 Å². The van der Waals surface area contributed by atoms with Crippen molar-refractivity contribution in [2.24, 2.45) is 0 Å². The third kappa shape index (κ3) is 3.77. The first-order valence-electron chi connectivity index (χ1n) is 4.69. The molecule has 1 heterocycles. The smallest absolute Gasteiger partial charge is 0.261 e. The van der Waals surface area contributed by atoms with Crippen LogP contribution in [0.4, 0.5) is 0 Å². The van der Waals surface area contributed by atoms with Crippen molar-refractivity contribution in [2.75, 3.05) is 26.2 Å². The summed E-state index contributed by atoms with van der Waals surface area (Å²) in [6.07, 6.45) is 0. The molecule has 0 bridgehead atoms. The molecule has 16 heavy (non-hydrogen) atoms. The lowest BCUT2D eigenvalue weighted by Crippen LogP contribution is -2.38. The van der Waals surface area contributed by atoms with E-state index < -0.39 is 0 Å². The van der Waals surface area contributed by atoms with Crippen LogP contribution in [0.1, 0.15) is 9.67 Å². The fourth-order valence-corrected chi connectivity index (χ4v) is 2.23. The number of methoxy groups -OCH3 is 2. The highest BCUT2D eigenvalue weighted by atomic mass is 79.9. The highest BCUT2D eigenvalue weighted by Crippen LogP contribution is 2.20. The van der Waals surface area contributed by atoms with Gasteiger partial charge in [0.05, 0.1) is 24.6 Å². The molecule has 0 spiro atoms. The van der Waals surface area contributed by atoms with E-state index in [2.05, 4.69) is 21.2 Å². The molecule has 4 nitrogen and oxygen atoms in total. The number of carbonyl (C=O) groups excluding carboxylic acids is 1. The highest BCUT2D eigenvalue weighted by Gasteiger charge is 2.14. The standard InChI is InChI=1S/C10H14BrNO3S/c1-14-5-7(4-11)12-10(13)9-3-8(15-2)6-16-9/h3,6-7H,4-5H2,1-2H3,(H,12,13). The summed E-state index contributed by atoms with van der Waals surface area (Å²) in [4.78, 5) is 12.4. The molecule has 0 aliphatic rings. The molecule has 6 heteroatoms. The van der Waals surface area contributed by atoms with Gasteiger partial charge in [-0.05, 0) is 0 Å². The van der Waals surface area contributed by atoms with Crippen molar-refractivity contribution in [2.45, 2.75) is 6.04 Å². The van der Waals surface area contributed by atoms with Gasteiger partial charge in [-0.3, -0.25) is 4.79 Å². The minimum absolute atomic E-state index is 0.0226. The van der Waals surface area contributed by atoms with Crippen LogP contribution >= 0.6 is 27.3 Å². The topological polar surface area (TPSA) is 47.6 Å². The van der Waals surface area contributed by atoms with Crippen molar-refractivity contribution < 1.29 is 14.3 Å². The van der Waals surface area contributed by atoms with Gasteiger partial charge in [-0.25, -0.2) is 0 Å². The predicted molar refractivity (Wildman–Crippen MR) is 67.8 cm³/mol. The maximum Gasteiger partial charge on any atom is 0.261 e. The summed E-state index contributed by atoms with van der Waals surface area (Å²) in [5, 5.41) is 5.33. The van der Waals surface area contributed by atoms with Crippen LogP contribution in [0.2, 0.25) is 0 Å². The van der Waals surface area contributed by atoms with Crippen LogP contribution in [-0.2, 0) is 4.74 Å². The van der Waals surface area contributed by atoms with Gasteiger partial charge in [0.1, 0.15) is 5.75 Å². The normalized spacial score (nSPS) is 12.2. The Bertz CT molecular complexity index is 343. The average molecular weight is 308 g/mol. The van der Waals surface area contributed by atoms with Gasteiger partial charge in [0.15, 0.2) is 0 Å². The lowest BCUT2D eigenvalue weighted by Gasteiger charge is -2.14. The number of halogens is 1. The Balaban J connectivity index is 2.56. The Hall–Kier alpha value is -0.590. The third-order valence-corrected chi connectivity index (χ3v) is 3.61. The van der Waals surface area contributed by atoms with E-state index in [1.54, 1.807) is 25.7 Å². The van der Waals surface area contributed by atoms with Crippen molar-refractivity contribution in [3.8, 4) is 5.75 Å². The molecular formula is C10H14BrNO3S. The van der Waals surface area contributed by atoms with Gasteiger partial charge in [0, 0.05) is 23.9 Å². The minimum Gasteiger partial charge on any atom is -0.496 e. The molecule has 1 unspecified atom stereocenters. The summed E-state index contributed by atoms with van der Waals surface area (Å²) in [5.74, 6) is 0.604. The zero-order valence-electron chi connectivity index (χ0n) is 9.16. The van der Waals surface area contributed by atoms with Crippen molar-refractivity contribution in [3.05, 3.63) is 16.3 Å². The van der Waals surface area contributed by atoms with Crippen molar-refractivity contribution in [1.82, 2.24) is 5.32 Å². The Labute approximate surface area is 107 Å². The molecule has 0 aliphatic heterocycles. The number of carbonyl (C=O) groups is 1. The van der Waals surface area contributed by atoms with Gasteiger partial charge in [-0.1, -0.05) is 15.9 Å². The molecule has 0 radical (unpaired) electrons. The number of hydrogen-bond donors (Lipinski definition) is 1. The number of alkyl halides is 1. The van der Waals surface area contributed by atoms with E-state index in [1.165, 1.54) is 11.3 Å². The van der Waals surface area contributed by atoms with Gasteiger partial charge < -0.3 is 14.8 Å². The average Bonchev–Trinajstić information content (AvgIpc) is 2.76. The second-order valence-corrected chi connectivity index (χ2v) is 4.69. The van der Waals surface area contributed by atoms with Gasteiger partial charge in [-0.15, -0.1) is 11.3 Å². The molecule has 0 aliphatic carbocycles. The van der Waals surface area contributed by atoms with E-state index in [0.717, 1.165) is 0 Å². The van der Waals surface area contributed by atoms with Crippen LogP contribution < -0.4 is 10.1 Å². The third-order valence-electron chi connectivity index (χ3n) is 1.92. The molecule has 0 saturated heterocycles. The van der Waals surface area contributed by atoms with Crippen LogP contribution in [-0.4, -0.2) is 38.1 Å². The summed E-state index contributed by atoms with van der Waals surface area (Å²) in [6, 6.07) is 1.70. The summed E-state index contributed by atoms with van der Waals surface area (Å²) in [5.41, 5.74) is 0. The first kappa shape index (κ1) is 13.5. The van der Waals surface area contributed by atoms with Crippen LogP contribution in [0, 0.1) is 0 Å². The first-order valence-corrected chi connectivity index (χ1v) is 6.69. The summed E-state index contributed by atoms with van der Waals surface area (Å²) >= 11 is 4.68. The Morgan fingerprint density at radius 2 is 2.38 bits per heavy atom. The van der Waals surface area contributed by atoms with Gasteiger partial charge in [0.25, 0.3) is 5.91 Å². The van der Waals surface area contributed by atoms with Crippen LogP contribution in [0.25, 0.3) is 0 Å². The number of hydrogen-bond acceptors (Lipinski definition) is 4. The van der Waals surface area contributed by atoms with Crippen molar-refractivity contribution >= 4 is 33.2 Å². The highest BCUT2D eigenvalue weighted by molar-refractivity contribution is 9.09. The number of ether oxygens (including phenoxy) is 2. The summed E-state index contributed by atoms with van der Waals surface area (Å²) in [7, 11) is 3.19. The minimum atomic E-state index is -0.102. The molecule has 1 amide bonds. The van der Waals surface area contributed by atoms with Gasteiger partial charge >= 0.3 is 0 Å². The van der Waals surface area contributed by atoms with Crippen LogP contribution in [0.3, 0.4) is 0 Å². The molecule has 1 aromatic rings. The maximum absolute atomic E-state index is 11.8. The van der Waals surface area contributed by atoms with E-state index in [0.29, 0.717) is 22.6 Å². The molecule has 0 saturated carbocycles. The van der Waals surface area contributed by atoms with E-state index in [1.807, 2.05) is 0 Å². The van der Waals surface area contributed by atoms with E-state index in [9.17, 15) is 4.79 Å². The lowest BCUT2D eigenvalue weighted by molar-refractivity contribution is 0.0912. The molecule has 1 atom stereocenters. The molecule has 90 valence electrons. The molecule has 0 aromatic carbocycles. The second-order valence-electron chi connectivity index (χ2n) is 3.13. The summed E-state index contributed by atoms with van der Waals surface area (Å²) in [6.45, 7) is 0.486. The lowest BCUT2D eigenvalue weighted by atomic mass is 10.3. The first-order chi connectivity index (χ1) is 7.71. The number of nitrogens with one attached hydrogen (secondary N) is 1. The zero-order valence-corrected chi connectivity index (χ0v) is 11.6. The van der Waals surface area contributed by atoms with E-state index >= 15 is 0 Å². The summed E-state index contributed by atoms with van der Waals surface area (Å²) < 4.78 is 10.0. The SMILES string of the molecule is COCC(CBr)NC(=O)c1cc(OC)cs1. The van der Waals surface area contributed by atoms with E-state index in [-0.39, 0.29) is 11.9 Å². The largest absolute Gasteiger partial charge is 0.496 e. The molecule has 1 aromatic heterocycles. The molecule has 1 rings (SSSR count). The Morgan fingerprint density at radius 1 is 1.62 bits per heavy atom. The monoisotopic (exact) mass is 307 g/mol. The Kier molecular flexibility index (Phi) is 5.79. The molecular weight excluding hydrogens is 294 g/mol. The fraction of sp³-hybridized carbons (Fsp3) is 0.500. The maximum atomic E-state index is 11.8. The zero-order chi connectivity index (χ0) is 12.0. The molecule has 1 N–H and O–H groups in total.